The highest BCUT2D eigenvalue weighted by Gasteiger charge is 2.53. The minimum atomic E-state index is 0.848. The van der Waals surface area contributed by atoms with Gasteiger partial charge in [-0.3, -0.25) is 0 Å². The molecule has 0 aromatic carbocycles. The molecule has 3 saturated carbocycles. The van der Waals surface area contributed by atoms with Gasteiger partial charge in [0, 0.05) is 19.8 Å². The lowest BCUT2D eigenvalue weighted by Crippen LogP contribution is -2.39. The molecule has 0 aliphatic heterocycles. The van der Waals surface area contributed by atoms with E-state index in [1.54, 1.807) is 13.5 Å². The zero-order chi connectivity index (χ0) is 11.0. The highest BCUT2D eigenvalue weighted by atomic mass is 16.5. The third-order valence-corrected chi connectivity index (χ3v) is 5.36. The molecule has 0 unspecified atom stereocenters. The van der Waals surface area contributed by atoms with E-state index in [0.717, 1.165) is 42.9 Å². The average molecular weight is 223 g/mol. The van der Waals surface area contributed by atoms with E-state index in [9.17, 15) is 0 Å². The van der Waals surface area contributed by atoms with Crippen LogP contribution >= 0.6 is 0 Å². The van der Waals surface area contributed by atoms with Crippen LogP contribution in [0.3, 0.4) is 0 Å². The number of fused-ring (bicyclic) bond motifs is 5. The summed E-state index contributed by atoms with van der Waals surface area (Å²) in [7, 11) is 1.79. The maximum absolute atomic E-state index is 5.10. The smallest absolute Gasteiger partial charge is 0.0474 e. The number of nitrogens with one attached hydrogen (secondary N) is 1. The average Bonchev–Trinajstić information content (AvgIpc) is 2.95. The molecule has 0 heterocycles. The molecular weight excluding hydrogens is 198 g/mol. The van der Waals surface area contributed by atoms with Crippen LogP contribution in [0.25, 0.3) is 0 Å². The fraction of sp³-hybridized carbons (Fsp3) is 1.00. The molecular formula is C14H25NO. The van der Waals surface area contributed by atoms with E-state index in [-0.39, 0.29) is 0 Å². The van der Waals surface area contributed by atoms with Crippen molar-refractivity contribution < 1.29 is 4.74 Å². The third-order valence-electron chi connectivity index (χ3n) is 5.36. The Hall–Kier alpha value is -0.0800. The van der Waals surface area contributed by atoms with Crippen molar-refractivity contribution in [3.05, 3.63) is 0 Å². The lowest BCUT2D eigenvalue weighted by atomic mass is 9.79. The monoisotopic (exact) mass is 223 g/mol. The Morgan fingerprint density at radius 1 is 1.12 bits per heavy atom. The second-order valence-corrected chi connectivity index (χ2v) is 6.06. The van der Waals surface area contributed by atoms with Gasteiger partial charge in [-0.05, 0) is 62.3 Å². The standard InChI is InChI=1S/C14H25NO/c1-16-7-3-6-15-14-9-10-8-13(14)12-5-2-4-11(10)12/h10-15H,2-9H2,1H3/t10-,11+,12-,13+,14-/m1/s1. The number of ether oxygens (including phenoxy) is 1. The molecule has 0 amide bonds. The van der Waals surface area contributed by atoms with Crippen LogP contribution in [0.15, 0.2) is 0 Å². The molecule has 2 bridgehead atoms. The Balaban J connectivity index is 1.48. The minimum Gasteiger partial charge on any atom is -0.385 e. The summed E-state index contributed by atoms with van der Waals surface area (Å²) in [6.45, 7) is 2.05. The van der Waals surface area contributed by atoms with Crippen molar-refractivity contribution in [2.45, 2.75) is 44.6 Å². The maximum atomic E-state index is 5.10. The highest BCUT2D eigenvalue weighted by molar-refractivity contribution is 5.05. The first-order chi connectivity index (χ1) is 7.90. The second-order valence-electron chi connectivity index (χ2n) is 6.06. The minimum absolute atomic E-state index is 0.848. The normalized spacial score (nSPS) is 45.2. The summed E-state index contributed by atoms with van der Waals surface area (Å²) in [6.07, 6.45) is 8.76. The van der Waals surface area contributed by atoms with E-state index in [0.29, 0.717) is 0 Å². The highest BCUT2D eigenvalue weighted by Crippen LogP contribution is 2.58. The third kappa shape index (κ3) is 1.80. The van der Waals surface area contributed by atoms with Crippen molar-refractivity contribution in [3.8, 4) is 0 Å². The Labute approximate surface area is 99.1 Å². The van der Waals surface area contributed by atoms with Crippen LogP contribution in [0.4, 0.5) is 0 Å². The van der Waals surface area contributed by atoms with Gasteiger partial charge >= 0.3 is 0 Å². The van der Waals surface area contributed by atoms with E-state index in [2.05, 4.69) is 5.32 Å². The van der Waals surface area contributed by atoms with Crippen LogP contribution in [-0.2, 0) is 4.74 Å². The molecule has 5 atom stereocenters. The molecule has 2 heteroatoms. The predicted octanol–water partition coefficient (Wildman–Crippen LogP) is 2.44. The fourth-order valence-corrected chi connectivity index (χ4v) is 4.81. The zero-order valence-electron chi connectivity index (χ0n) is 10.5. The van der Waals surface area contributed by atoms with E-state index >= 15 is 0 Å². The molecule has 0 radical (unpaired) electrons. The predicted molar refractivity (Wildman–Crippen MR) is 65.3 cm³/mol. The first kappa shape index (κ1) is 11.0. The SMILES string of the molecule is COCCCN[C@@H]1C[C@H]2C[C@H]1[C@@H]1CCC[C@@H]21. The van der Waals surface area contributed by atoms with Crippen molar-refractivity contribution in [2.75, 3.05) is 20.3 Å². The summed E-state index contributed by atoms with van der Waals surface area (Å²) < 4.78 is 5.10. The molecule has 92 valence electrons. The molecule has 0 aromatic heterocycles. The van der Waals surface area contributed by atoms with Gasteiger partial charge in [-0.1, -0.05) is 6.42 Å². The topological polar surface area (TPSA) is 21.3 Å². The van der Waals surface area contributed by atoms with Crippen molar-refractivity contribution in [1.29, 1.82) is 0 Å². The van der Waals surface area contributed by atoms with Crippen LogP contribution < -0.4 is 5.32 Å². The van der Waals surface area contributed by atoms with E-state index in [1.807, 2.05) is 0 Å². The Morgan fingerprint density at radius 2 is 2.00 bits per heavy atom. The van der Waals surface area contributed by atoms with Gasteiger partial charge in [0.15, 0.2) is 0 Å². The summed E-state index contributed by atoms with van der Waals surface area (Å²) in [5.41, 5.74) is 0. The summed E-state index contributed by atoms with van der Waals surface area (Å²) in [6, 6.07) is 0.848. The van der Waals surface area contributed by atoms with Gasteiger partial charge in [0.1, 0.15) is 0 Å². The molecule has 3 aliphatic rings. The van der Waals surface area contributed by atoms with Crippen molar-refractivity contribution in [3.63, 3.8) is 0 Å². The fourth-order valence-electron chi connectivity index (χ4n) is 4.81. The van der Waals surface area contributed by atoms with Crippen LogP contribution in [0.2, 0.25) is 0 Å². The number of hydrogen-bond donors (Lipinski definition) is 1. The van der Waals surface area contributed by atoms with Gasteiger partial charge < -0.3 is 10.1 Å². The summed E-state index contributed by atoms with van der Waals surface area (Å²) in [4.78, 5) is 0. The largest absolute Gasteiger partial charge is 0.385 e. The van der Waals surface area contributed by atoms with E-state index in [4.69, 9.17) is 4.74 Å². The molecule has 0 saturated heterocycles. The quantitative estimate of drug-likeness (QED) is 0.723. The lowest BCUT2D eigenvalue weighted by Gasteiger charge is -2.32. The molecule has 0 aromatic rings. The van der Waals surface area contributed by atoms with Gasteiger partial charge in [0.05, 0.1) is 0 Å². The molecule has 2 nitrogen and oxygen atoms in total. The van der Waals surface area contributed by atoms with Gasteiger partial charge in [-0.15, -0.1) is 0 Å². The molecule has 3 fully saturated rings. The van der Waals surface area contributed by atoms with Crippen LogP contribution in [-0.4, -0.2) is 26.3 Å². The Morgan fingerprint density at radius 3 is 2.88 bits per heavy atom. The lowest BCUT2D eigenvalue weighted by molar-refractivity contribution is 0.181. The Kier molecular flexibility index (Phi) is 3.21. The first-order valence-electron chi connectivity index (χ1n) is 7.12. The molecule has 0 spiro atoms. The first-order valence-corrected chi connectivity index (χ1v) is 7.12. The number of hydrogen-bond acceptors (Lipinski definition) is 2. The van der Waals surface area contributed by atoms with Crippen LogP contribution in [0.1, 0.15) is 38.5 Å². The molecule has 16 heavy (non-hydrogen) atoms. The number of methoxy groups -OCH3 is 1. The van der Waals surface area contributed by atoms with Gasteiger partial charge in [0.2, 0.25) is 0 Å². The van der Waals surface area contributed by atoms with Crippen molar-refractivity contribution in [1.82, 2.24) is 5.32 Å². The second kappa shape index (κ2) is 4.66. The van der Waals surface area contributed by atoms with Crippen LogP contribution in [0.5, 0.6) is 0 Å². The molecule has 3 rings (SSSR count). The van der Waals surface area contributed by atoms with Crippen LogP contribution in [0, 0.1) is 23.7 Å². The van der Waals surface area contributed by atoms with Gasteiger partial charge in [-0.2, -0.15) is 0 Å². The van der Waals surface area contributed by atoms with E-state index < -0.39 is 0 Å². The zero-order valence-corrected chi connectivity index (χ0v) is 10.5. The van der Waals surface area contributed by atoms with E-state index in [1.165, 1.54) is 32.1 Å². The molecule has 3 aliphatic carbocycles. The Bertz CT molecular complexity index is 243. The maximum Gasteiger partial charge on any atom is 0.0474 e. The molecule has 1 N–H and O–H groups in total. The van der Waals surface area contributed by atoms with Gasteiger partial charge in [-0.25, -0.2) is 0 Å². The summed E-state index contributed by atoms with van der Waals surface area (Å²) in [5, 5.41) is 3.78. The summed E-state index contributed by atoms with van der Waals surface area (Å²) in [5.74, 6) is 4.33. The van der Waals surface area contributed by atoms with Gasteiger partial charge in [0.25, 0.3) is 0 Å². The summed E-state index contributed by atoms with van der Waals surface area (Å²) >= 11 is 0. The number of rotatable bonds is 5. The van der Waals surface area contributed by atoms with Crippen molar-refractivity contribution in [2.24, 2.45) is 23.7 Å². The van der Waals surface area contributed by atoms with Crippen molar-refractivity contribution >= 4 is 0 Å².